The molecule has 0 saturated heterocycles. The Morgan fingerprint density at radius 3 is 2.95 bits per heavy atom. The molecule has 4 nitrogen and oxygen atoms in total. The molecule has 3 heterocycles. The van der Waals surface area contributed by atoms with Gasteiger partial charge in [0.15, 0.2) is 5.78 Å². The number of ketones is 1. The molecule has 3 aromatic rings. The normalized spacial score (nSPS) is 14.1. The molecule has 4 rings (SSSR count). The number of benzene rings is 1. The van der Waals surface area contributed by atoms with Gasteiger partial charge in [-0.15, -0.1) is 0 Å². The Balaban J connectivity index is 2.07. The van der Waals surface area contributed by atoms with Crippen LogP contribution in [0.3, 0.4) is 0 Å². The zero-order valence-electron chi connectivity index (χ0n) is 10.8. The van der Waals surface area contributed by atoms with Crippen molar-refractivity contribution in [1.29, 1.82) is 0 Å². The summed E-state index contributed by atoms with van der Waals surface area (Å²) in [5.74, 6) is 0.193. The van der Waals surface area contributed by atoms with Gasteiger partial charge in [0.25, 0.3) is 0 Å². The minimum Gasteiger partial charge on any atom is -0.382 e. The Hall–Kier alpha value is -2.62. The lowest BCUT2D eigenvalue weighted by Gasteiger charge is -2.05. The molecule has 2 aromatic heterocycles. The Labute approximate surface area is 115 Å². The highest BCUT2D eigenvalue weighted by Gasteiger charge is 2.21. The van der Waals surface area contributed by atoms with E-state index in [4.69, 9.17) is 0 Å². The molecule has 0 unspecified atom stereocenters. The van der Waals surface area contributed by atoms with Crippen molar-refractivity contribution in [3.8, 4) is 11.3 Å². The topological polar surface area (TPSA) is 57.8 Å². The fraction of sp³-hybridized carbons (Fsp3) is 0.125. The number of nitrogens with zero attached hydrogens (tertiary/aromatic N) is 1. The van der Waals surface area contributed by atoms with Crippen molar-refractivity contribution in [3.63, 3.8) is 0 Å². The molecule has 0 atom stereocenters. The van der Waals surface area contributed by atoms with Gasteiger partial charge in [0, 0.05) is 47.4 Å². The number of aromatic nitrogens is 2. The van der Waals surface area contributed by atoms with E-state index in [9.17, 15) is 4.79 Å². The maximum Gasteiger partial charge on any atom is 0.165 e. The maximum atomic E-state index is 12.2. The molecule has 98 valence electrons. The van der Waals surface area contributed by atoms with Gasteiger partial charge in [-0.1, -0.05) is 12.1 Å². The number of Topliss-reactive ketones (excluding diaryl/α,β-unsaturated/α-hetero) is 1. The monoisotopic (exact) mass is 263 g/mol. The van der Waals surface area contributed by atoms with E-state index in [1.165, 1.54) is 0 Å². The lowest BCUT2D eigenvalue weighted by atomic mass is 10.0. The van der Waals surface area contributed by atoms with Crippen LogP contribution in [0.4, 0.5) is 5.69 Å². The highest BCUT2D eigenvalue weighted by Crippen LogP contribution is 2.38. The number of nitrogens with one attached hydrogen (secondary N) is 2. The van der Waals surface area contributed by atoms with Crippen LogP contribution in [-0.4, -0.2) is 22.3 Å². The molecule has 1 aliphatic heterocycles. The molecular weight excluding hydrogens is 250 g/mol. The van der Waals surface area contributed by atoms with Crippen LogP contribution in [0, 0.1) is 0 Å². The first kappa shape index (κ1) is 11.2. The fourth-order valence-corrected chi connectivity index (χ4v) is 2.82. The SMILES string of the molecule is O=C1CCNc2c(-c3cccnc3)[nH]c3cccc1c23. The van der Waals surface area contributed by atoms with Crippen molar-refractivity contribution in [1.82, 2.24) is 9.97 Å². The molecule has 2 N–H and O–H groups in total. The van der Waals surface area contributed by atoms with Crippen molar-refractivity contribution in [2.45, 2.75) is 6.42 Å². The fourth-order valence-electron chi connectivity index (χ4n) is 2.82. The van der Waals surface area contributed by atoms with Crippen LogP contribution in [-0.2, 0) is 0 Å². The third-order valence-corrected chi connectivity index (χ3v) is 3.73. The molecule has 4 heteroatoms. The van der Waals surface area contributed by atoms with E-state index in [2.05, 4.69) is 15.3 Å². The highest BCUT2D eigenvalue weighted by atomic mass is 16.1. The zero-order valence-corrected chi connectivity index (χ0v) is 10.8. The third kappa shape index (κ3) is 1.54. The molecule has 0 radical (unpaired) electrons. The standard InChI is InChI=1S/C16H13N3O/c20-13-6-8-18-16-14-11(13)4-1-5-12(14)19-15(16)10-3-2-7-17-9-10/h1-5,7,9,18-19H,6,8H2. The molecule has 20 heavy (non-hydrogen) atoms. The molecule has 0 amide bonds. The zero-order chi connectivity index (χ0) is 13.5. The molecule has 0 aliphatic carbocycles. The van der Waals surface area contributed by atoms with Crippen LogP contribution in [0.1, 0.15) is 16.8 Å². The summed E-state index contributed by atoms with van der Waals surface area (Å²) >= 11 is 0. The number of anilines is 1. The Morgan fingerprint density at radius 2 is 2.10 bits per heavy atom. The number of carbonyl (C=O) groups excluding carboxylic acids is 1. The van der Waals surface area contributed by atoms with E-state index in [1.54, 1.807) is 6.20 Å². The predicted octanol–water partition coefficient (Wildman–Crippen LogP) is 3.23. The molecule has 0 spiro atoms. The van der Waals surface area contributed by atoms with E-state index in [1.807, 2.05) is 36.5 Å². The number of carbonyl (C=O) groups is 1. The predicted molar refractivity (Wildman–Crippen MR) is 79.0 cm³/mol. The highest BCUT2D eigenvalue weighted by molar-refractivity contribution is 6.15. The Morgan fingerprint density at radius 1 is 1.15 bits per heavy atom. The largest absolute Gasteiger partial charge is 0.382 e. The van der Waals surface area contributed by atoms with Crippen LogP contribution in [0.15, 0.2) is 42.7 Å². The summed E-state index contributed by atoms with van der Waals surface area (Å²) in [4.78, 5) is 19.7. The first-order valence-electron chi connectivity index (χ1n) is 6.67. The maximum absolute atomic E-state index is 12.2. The third-order valence-electron chi connectivity index (χ3n) is 3.73. The van der Waals surface area contributed by atoms with Crippen LogP contribution >= 0.6 is 0 Å². The van der Waals surface area contributed by atoms with Gasteiger partial charge < -0.3 is 10.3 Å². The van der Waals surface area contributed by atoms with Gasteiger partial charge in [0.1, 0.15) is 0 Å². The average Bonchev–Trinajstić information content (AvgIpc) is 2.78. The molecule has 0 fully saturated rings. The van der Waals surface area contributed by atoms with Crippen molar-refractivity contribution >= 4 is 22.4 Å². The second-order valence-corrected chi connectivity index (χ2v) is 4.94. The summed E-state index contributed by atoms with van der Waals surface area (Å²) in [5.41, 5.74) is 4.81. The summed E-state index contributed by atoms with van der Waals surface area (Å²) in [6.07, 6.45) is 4.11. The van der Waals surface area contributed by atoms with Crippen LogP contribution in [0.25, 0.3) is 22.2 Å². The van der Waals surface area contributed by atoms with E-state index in [0.717, 1.165) is 33.4 Å². The van der Waals surface area contributed by atoms with Crippen LogP contribution in [0.2, 0.25) is 0 Å². The molecule has 0 bridgehead atoms. The van der Waals surface area contributed by atoms with Crippen molar-refractivity contribution in [3.05, 3.63) is 48.3 Å². The first-order chi connectivity index (χ1) is 9.84. The number of H-pyrrole nitrogens is 1. The summed E-state index contributed by atoms with van der Waals surface area (Å²) in [6.45, 7) is 0.660. The quantitative estimate of drug-likeness (QED) is 0.708. The lowest BCUT2D eigenvalue weighted by molar-refractivity contribution is 0.0989. The number of hydrogen-bond acceptors (Lipinski definition) is 3. The smallest absolute Gasteiger partial charge is 0.165 e. The number of rotatable bonds is 1. The van der Waals surface area contributed by atoms with Gasteiger partial charge in [0.2, 0.25) is 0 Å². The second-order valence-electron chi connectivity index (χ2n) is 4.94. The molecular formula is C16H13N3O. The Bertz CT molecular complexity index is 805. The first-order valence-corrected chi connectivity index (χ1v) is 6.67. The van der Waals surface area contributed by atoms with Gasteiger partial charge in [-0.3, -0.25) is 9.78 Å². The minimum absolute atomic E-state index is 0.193. The summed E-state index contributed by atoms with van der Waals surface area (Å²) < 4.78 is 0. The van der Waals surface area contributed by atoms with E-state index >= 15 is 0 Å². The van der Waals surface area contributed by atoms with Gasteiger partial charge >= 0.3 is 0 Å². The van der Waals surface area contributed by atoms with Crippen LogP contribution < -0.4 is 5.32 Å². The number of aromatic amines is 1. The molecule has 0 saturated carbocycles. The van der Waals surface area contributed by atoms with Gasteiger partial charge in [-0.05, 0) is 18.2 Å². The second kappa shape index (κ2) is 4.20. The summed E-state index contributed by atoms with van der Waals surface area (Å²) in [7, 11) is 0. The Kier molecular flexibility index (Phi) is 2.36. The number of hydrogen-bond donors (Lipinski definition) is 2. The lowest BCUT2D eigenvalue weighted by Crippen LogP contribution is -2.05. The molecule has 1 aromatic carbocycles. The van der Waals surface area contributed by atoms with Gasteiger partial charge in [0.05, 0.1) is 11.4 Å². The van der Waals surface area contributed by atoms with Crippen molar-refractivity contribution in [2.75, 3.05) is 11.9 Å². The van der Waals surface area contributed by atoms with Gasteiger partial charge in [-0.2, -0.15) is 0 Å². The molecule has 1 aliphatic rings. The summed E-state index contributed by atoms with van der Waals surface area (Å²) in [6, 6.07) is 9.76. The van der Waals surface area contributed by atoms with Crippen LogP contribution in [0.5, 0.6) is 0 Å². The van der Waals surface area contributed by atoms with E-state index in [0.29, 0.717) is 13.0 Å². The van der Waals surface area contributed by atoms with Crippen molar-refractivity contribution < 1.29 is 4.79 Å². The van der Waals surface area contributed by atoms with Crippen molar-refractivity contribution in [2.24, 2.45) is 0 Å². The summed E-state index contributed by atoms with van der Waals surface area (Å²) in [5, 5.41) is 4.38. The minimum atomic E-state index is 0.193. The average molecular weight is 263 g/mol. The van der Waals surface area contributed by atoms with E-state index < -0.39 is 0 Å². The van der Waals surface area contributed by atoms with E-state index in [-0.39, 0.29) is 5.78 Å². The van der Waals surface area contributed by atoms with Gasteiger partial charge in [-0.25, -0.2) is 0 Å². The number of pyridine rings is 1.